The molecule has 3 rings (SSSR count). The van der Waals surface area contributed by atoms with Crippen molar-refractivity contribution in [3.63, 3.8) is 0 Å². The van der Waals surface area contributed by atoms with E-state index >= 15 is 0 Å². The SMILES string of the molecule is CCNCc1cccc(NC(=O)CCSc2ccc3c(c2)OCCO3)c1.Cl. The second-order valence-corrected chi connectivity index (χ2v) is 7.10. The molecule has 0 bridgehead atoms. The molecule has 0 spiro atoms. The van der Waals surface area contributed by atoms with Crippen LogP contribution in [0.4, 0.5) is 5.69 Å². The van der Waals surface area contributed by atoms with Gasteiger partial charge in [-0.15, -0.1) is 24.2 Å². The number of nitrogens with one attached hydrogen (secondary N) is 2. The highest BCUT2D eigenvalue weighted by atomic mass is 35.5. The van der Waals surface area contributed by atoms with Crippen LogP contribution in [-0.2, 0) is 11.3 Å². The highest BCUT2D eigenvalue weighted by Gasteiger charge is 2.12. The van der Waals surface area contributed by atoms with Crippen LogP contribution in [0.2, 0.25) is 0 Å². The summed E-state index contributed by atoms with van der Waals surface area (Å²) in [4.78, 5) is 13.3. The van der Waals surface area contributed by atoms with Gasteiger partial charge in [-0.2, -0.15) is 0 Å². The van der Waals surface area contributed by atoms with Crippen LogP contribution in [0.15, 0.2) is 47.4 Å². The van der Waals surface area contributed by atoms with Gasteiger partial charge in [0.1, 0.15) is 13.2 Å². The minimum Gasteiger partial charge on any atom is -0.486 e. The molecule has 1 amide bonds. The number of carbonyl (C=O) groups is 1. The van der Waals surface area contributed by atoms with E-state index in [1.54, 1.807) is 11.8 Å². The smallest absolute Gasteiger partial charge is 0.225 e. The minimum absolute atomic E-state index is 0. The summed E-state index contributed by atoms with van der Waals surface area (Å²) in [6, 6.07) is 13.8. The molecule has 0 radical (unpaired) electrons. The Morgan fingerprint density at radius 3 is 2.74 bits per heavy atom. The van der Waals surface area contributed by atoms with Gasteiger partial charge in [0.2, 0.25) is 5.91 Å². The van der Waals surface area contributed by atoms with Crippen LogP contribution in [0.3, 0.4) is 0 Å². The molecular weight excluding hydrogens is 384 g/mol. The summed E-state index contributed by atoms with van der Waals surface area (Å²) in [7, 11) is 0. The lowest BCUT2D eigenvalue weighted by Crippen LogP contribution is -2.15. The first-order chi connectivity index (χ1) is 12.7. The van der Waals surface area contributed by atoms with Crippen molar-refractivity contribution in [2.24, 2.45) is 0 Å². The van der Waals surface area contributed by atoms with Crippen molar-refractivity contribution in [3.8, 4) is 11.5 Å². The first-order valence-corrected chi connectivity index (χ1v) is 9.85. The van der Waals surface area contributed by atoms with E-state index < -0.39 is 0 Å². The fraction of sp³-hybridized carbons (Fsp3) is 0.350. The molecule has 0 saturated carbocycles. The fourth-order valence-electron chi connectivity index (χ4n) is 2.63. The topological polar surface area (TPSA) is 59.6 Å². The summed E-state index contributed by atoms with van der Waals surface area (Å²) >= 11 is 1.64. The summed E-state index contributed by atoms with van der Waals surface area (Å²) < 4.78 is 11.1. The molecule has 0 unspecified atom stereocenters. The molecular formula is C20H25ClN2O3S. The zero-order valence-corrected chi connectivity index (χ0v) is 17.0. The molecule has 0 fully saturated rings. The largest absolute Gasteiger partial charge is 0.486 e. The zero-order chi connectivity index (χ0) is 18.2. The minimum atomic E-state index is 0. The van der Waals surface area contributed by atoms with Gasteiger partial charge in [-0.1, -0.05) is 19.1 Å². The Hall–Kier alpha value is -1.89. The predicted octanol–water partition coefficient (Wildman–Crippen LogP) is 4.11. The molecule has 2 aromatic carbocycles. The van der Waals surface area contributed by atoms with Gasteiger partial charge in [-0.3, -0.25) is 4.79 Å². The van der Waals surface area contributed by atoms with Crippen molar-refractivity contribution in [1.29, 1.82) is 0 Å². The molecule has 0 aliphatic carbocycles. The molecule has 0 saturated heterocycles. The summed E-state index contributed by atoms with van der Waals surface area (Å²) in [6.45, 7) is 4.98. The standard InChI is InChI=1S/C20H24N2O3S.ClH/c1-2-21-14-15-4-3-5-16(12-15)22-20(23)8-11-26-17-6-7-18-19(13-17)25-10-9-24-18;/h3-7,12-13,21H,2,8-11,14H2,1H3,(H,22,23);1H. The molecule has 2 N–H and O–H groups in total. The summed E-state index contributed by atoms with van der Waals surface area (Å²) in [5.41, 5.74) is 2.00. The summed E-state index contributed by atoms with van der Waals surface area (Å²) in [6.07, 6.45) is 0.455. The maximum atomic E-state index is 12.2. The van der Waals surface area contributed by atoms with E-state index in [2.05, 4.69) is 23.6 Å². The number of carbonyl (C=O) groups excluding carboxylic acids is 1. The zero-order valence-electron chi connectivity index (χ0n) is 15.3. The summed E-state index contributed by atoms with van der Waals surface area (Å²) in [5, 5.41) is 6.25. The van der Waals surface area contributed by atoms with Crippen molar-refractivity contribution >= 4 is 35.8 Å². The van der Waals surface area contributed by atoms with Gasteiger partial charge >= 0.3 is 0 Å². The van der Waals surface area contributed by atoms with Crippen LogP contribution < -0.4 is 20.1 Å². The molecule has 146 valence electrons. The average molecular weight is 409 g/mol. The van der Waals surface area contributed by atoms with Crippen molar-refractivity contribution in [3.05, 3.63) is 48.0 Å². The first-order valence-electron chi connectivity index (χ1n) is 8.86. The van der Waals surface area contributed by atoms with Gasteiger partial charge in [0.05, 0.1) is 0 Å². The molecule has 0 aromatic heterocycles. The van der Waals surface area contributed by atoms with Crippen LogP contribution in [0, 0.1) is 0 Å². The number of benzene rings is 2. The molecule has 7 heteroatoms. The number of hydrogen-bond donors (Lipinski definition) is 2. The van der Waals surface area contributed by atoms with Gasteiger partial charge < -0.3 is 20.1 Å². The van der Waals surface area contributed by atoms with E-state index in [4.69, 9.17) is 9.47 Å². The van der Waals surface area contributed by atoms with E-state index in [0.717, 1.165) is 40.7 Å². The normalized spacial score (nSPS) is 12.2. The van der Waals surface area contributed by atoms with Crippen molar-refractivity contribution in [1.82, 2.24) is 5.32 Å². The maximum absolute atomic E-state index is 12.2. The molecule has 1 aliphatic heterocycles. The van der Waals surface area contributed by atoms with Crippen molar-refractivity contribution in [2.75, 3.05) is 30.8 Å². The Kier molecular flexibility index (Phi) is 8.78. The average Bonchev–Trinajstić information content (AvgIpc) is 2.66. The number of amides is 1. The van der Waals surface area contributed by atoms with Gasteiger partial charge in [-0.05, 0) is 42.4 Å². The number of halogens is 1. The summed E-state index contributed by atoms with van der Waals surface area (Å²) in [5.74, 6) is 2.30. The highest BCUT2D eigenvalue weighted by Crippen LogP contribution is 2.34. The Balaban J connectivity index is 0.00000261. The van der Waals surface area contributed by atoms with Gasteiger partial charge in [0, 0.05) is 29.3 Å². The van der Waals surface area contributed by atoms with Crippen LogP contribution in [0.25, 0.3) is 0 Å². The first kappa shape index (κ1) is 21.4. The van der Waals surface area contributed by atoms with Crippen LogP contribution in [0.5, 0.6) is 11.5 Å². The molecule has 1 heterocycles. The Labute approximate surface area is 170 Å². The number of fused-ring (bicyclic) bond motifs is 1. The third kappa shape index (κ3) is 6.65. The molecule has 27 heavy (non-hydrogen) atoms. The number of hydrogen-bond acceptors (Lipinski definition) is 5. The number of anilines is 1. The molecule has 0 atom stereocenters. The maximum Gasteiger partial charge on any atom is 0.225 e. The van der Waals surface area contributed by atoms with E-state index in [0.29, 0.717) is 25.4 Å². The van der Waals surface area contributed by atoms with Crippen LogP contribution in [0.1, 0.15) is 18.9 Å². The van der Waals surface area contributed by atoms with E-state index in [-0.39, 0.29) is 18.3 Å². The Bertz CT molecular complexity index is 758. The van der Waals surface area contributed by atoms with Gasteiger partial charge in [0.15, 0.2) is 11.5 Å². The quantitative estimate of drug-likeness (QED) is 0.643. The van der Waals surface area contributed by atoms with Gasteiger partial charge in [0.25, 0.3) is 0 Å². The number of thioether (sulfide) groups is 1. The highest BCUT2D eigenvalue weighted by molar-refractivity contribution is 7.99. The second kappa shape index (κ2) is 11.1. The fourth-order valence-corrected chi connectivity index (χ4v) is 3.50. The lowest BCUT2D eigenvalue weighted by Gasteiger charge is -2.18. The van der Waals surface area contributed by atoms with E-state index in [9.17, 15) is 4.79 Å². The van der Waals surface area contributed by atoms with Crippen molar-refractivity contribution in [2.45, 2.75) is 24.8 Å². The van der Waals surface area contributed by atoms with E-state index in [1.807, 2.05) is 36.4 Å². The third-order valence-electron chi connectivity index (χ3n) is 3.90. The Morgan fingerprint density at radius 1 is 1.11 bits per heavy atom. The second-order valence-electron chi connectivity index (χ2n) is 5.93. The Morgan fingerprint density at radius 2 is 1.93 bits per heavy atom. The van der Waals surface area contributed by atoms with E-state index in [1.165, 1.54) is 0 Å². The molecule has 5 nitrogen and oxygen atoms in total. The number of rotatable bonds is 8. The lowest BCUT2D eigenvalue weighted by atomic mass is 10.2. The van der Waals surface area contributed by atoms with Crippen molar-refractivity contribution < 1.29 is 14.3 Å². The van der Waals surface area contributed by atoms with Crippen LogP contribution >= 0.6 is 24.2 Å². The molecule has 2 aromatic rings. The van der Waals surface area contributed by atoms with Crippen LogP contribution in [-0.4, -0.2) is 31.4 Å². The lowest BCUT2D eigenvalue weighted by molar-refractivity contribution is -0.115. The van der Waals surface area contributed by atoms with Gasteiger partial charge in [-0.25, -0.2) is 0 Å². The predicted molar refractivity (Wildman–Crippen MR) is 112 cm³/mol. The molecule has 1 aliphatic rings. The number of ether oxygens (including phenoxy) is 2. The monoisotopic (exact) mass is 408 g/mol. The third-order valence-corrected chi connectivity index (χ3v) is 4.90.